The molecule has 168 valence electrons. The fourth-order valence-corrected chi connectivity index (χ4v) is 3.39. The number of fused-ring (bicyclic) bond motifs is 1. The van der Waals surface area contributed by atoms with Crippen LogP contribution in [-0.2, 0) is 11.0 Å². The van der Waals surface area contributed by atoms with Gasteiger partial charge in [-0.15, -0.1) is 0 Å². The van der Waals surface area contributed by atoms with E-state index >= 15 is 0 Å². The number of anilines is 1. The van der Waals surface area contributed by atoms with Gasteiger partial charge in [-0.25, -0.2) is 10.4 Å². The van der Waals surface area contributed by atoms with E-state index in [1.807, 2.05) is 24.3 Å². The minimum absolute atomic E-state index is 0.320. The molecule has 3 aromatic rings. The zero-order valence-corrected chi connectivity index (χ0v) is 18.1. The van der Waals surface area contributed by atoms with Crippen molar-refractivity contribution in [1.82, 2.24) is 10.4 Å². The molecule has 0 bridgehead atoms. The van der Waals surface area contributed by atoms with Gasteiger partial charge in [0.05, 0.1) is 28.7 Å². The van der Waals surface area contributed by atoms with Gasteiger partial charge in [-0.1, -0.05) is 49.6 Å². The second-order valence-corrected chi connectivity index (χ2v) is 7.48. The number of nitrogens with zero attached hydrogens (tertiary/aromatic N) is 2. The van der Waals surface area contributed by atoms with Crippen LogP contribution in [0.25, 0.3) is 10.9 Å². The number of alkyl halides is 3. The number of para-hydroxylation sites is 1. The van der Waals surface area contributed by atoms with Gasteiger partial charge in [0.25, 0.3) is 5.91 Å². The standard InChI is InChI=1S/C24H19F3N4OS/c1-3-6-16(4-2)23(32)30-28-15-19-12-9-17-7-5-8-21(22(17)29-19)31-33-20-13-10-18(11-14-20)24(25,26)27/h3-15,31H,1-2H2,(H,30,32)/b16-6+,28-15+. The summed E-state index contributed by atoms with van der Waals surface area (Å²) < 4.78 is 41.3. The number of amides is 1. The van der Waals surface area contributed by atoms with E-state index in [0.29, 0.717) is 27.4 Å². The predicted octanol–water partition coefficient (Wildman–Crippen LogP) is 6.12. The molecular formula is C24H19F3N4OS. The molecule has 2 N–H and O–H groups in total. The molecule has 0 saturated heterocycles. The first-order chi connectivity index (χ1) is 15.8. The summed E-state index contributed by atoms with van der Waals surface area (Å²) in [5, 5.41) is 4.78. The summed E-state index contributed by atoms with van der Waals surface area (Å²) in [7, 11) is 0. The van der Waals surface area contributed by atoms with Gasteiger partial charge >= 0.3 is 6.18 Å². The highest BCUT2D eigenvalue weighted by Gasteiger charge is 2.29. The van der Waals surface area contributed by atoms with Crippen LogP contribution in [0.4, 0.5) is 18.9 Å². The summed E-state index contributed by atoms with van der Waals surface area (Å²) in [6.45, 7) is 7.10. The lowest BCUT2D eigenvalue weighted by Crippen LogP contribution is -2.18. The van der Waals surface area contributed by atoms with Crippen LogP contribution in [0.3, 0.4) is 0 Å². The van der Waals surface area contributed by atoms with Crippen LogP contribution in [0.1, 0.15) is 11.3 Å². The number of halogens is 3. The van der Waals surface area contributed by atoms with E-state index in [0.717, 1.165) is 17.5 Å². The first-order valence-electron chi connectivity index (χ1n) is 9.60. The molecule has 1 amide bonds. The Balaban J connectivity index is 1.74. The third-order valence-electron chi connectivity index (χ3n) is 4.34. The maximum atomic E-state index is 12.7. The topological polar surface area (TPSA) is 66.4 Å². The Labute approximate surface area is 192 Å². The molecule has 0 spiro atoms. The Bertz CT molecular complexity index is 1230. The first-order valence-corrected chi connectivity index (χ1v) is 10.4. The van der Waals surface area contributed by atoms with Crippen LogP contribution in [0.15, 0.2) is 102 Å². The molecule has 9 heteroatoms. The molecular weight excluding hydrogens is 449 g/mol. The van der Waals surface area contributed by atoms with Crippen molar-refractivity contribution in [2.45, 2.75) is 11.1 Å². The minimum Gasteiger partial charge on any atom is -0.324 e. The first kappa shape index (κ1) is 23.8. The van der Waals surface area contributed by atoms with E-state index in [1.165, 1.54) is 48.5 Å². The van der Waals surface area contributed by atoms with Crippen LogP contribution >= 0.6 is 11.9 Å². The largest absolute Gasteiger partial charge is 0.416 e. The maximum Gasteiger partial charge on any atom is 0.416 e. The van der Waals surface area contributed by atoms with E-state index in [9.17, 15) is 18.0 Å². The van der Waals surface area contributed by atoms with Gasteiger partial charge in [0.1, 0.15) is 0 Å². The molecule has 1 aromatic heterocycles. The molecule has 0 saturated carbocycles. The van der Waals surface area contributed by atoms with E-state index in [1.54, 1.807) is 6.07 Å². The fraction of sp³-hybridized carbons (Fsp3) is 0.0417. The molecule has 0 atom stereocenters. The average molecular weight is 469 g/mol. The Kier molecular flexibility index (Phi) is 7.68. The number of hydrogen-bond donors (Lipinski definition) is 2. The van der Waals surface area contributed by atoms with Crippen LogP contribution in [0.2, 0.25) is 0 Å². The summed E-state index contributed by atoms with van der Waals surface area (Å²) >= 11 is 1.17. The maximum absolute atomic E-state index is 12.7. The van der Waals surface area contributed by atoms with Crippen molar-refractivity contribution in [3.8, 4) is 0 Å². The third kappa shape index (κ3) is 6.33. The van der Waals surface area contributed by atoms with Crippen molar-refractivity contribution in [2.75, 3.05) is 4.72 Å². The second-order valence-electron chi connectivity index (χ2n) is 6.60. The number of carbonyl (C=O) groups is 1. The smallest absolute Gasteiger partial charge is 0.324 e. The van der Waals surface area contributed by atoms with Crippen molar-refractivity contribution in [1.29, 1.82) is 0 Å². The molecule has 0 aliphatic carbocycles. The zero-order valence-electron chi connectivity index (χ0n) is 17.3. The van der Waals surface area contributed by atoms with Gasteiger partial charge in [0, 0.05) is 15.9 Å². The van der Waals surface area contributed by atoms with Crippen molar-refractivity contribution >= 4 is 40.7 Å². The third-order valence-corrected chi connectivity index (χ3v) is 5.17. The van der Waals surface area contributed by atoms with Crippen molar-refractivity contribution in [3.05, 3.63) is 103 Å². The normalized spacial score (nSPS) is 12.0. The molecule has 1 heterocycles. The number of pyridine rings is 1. The van der Waals surface area contributed by atoms with Gasteiger partial charge in [0.15, 0.2) is 0 Å². The van der Waals surface area contributed by atoms with Crippen LogP contribution in [0.5, 0.6) is 0 Å². The number of rotatable bonds is 8. The molecule has 33 heavy (non-hydrogen) atoms. The van der Waals surface area contributed by atoms with Crippen LogP contribution < -0.4 is 10.1 Å². The van der Waals surface area contributed by atoms with Crippen LogP contribution in [-0.4, -0.2) is 17.1 Å². The van der Waals surface area contributed by atoms with E-state index < -0.39 is 17.6 Å². The molecule has 0 fully saturated rings. The van der Waals surface area contributed by atoms with Crippen molar-refractivity contribution in [2.24, 2.45) is 5.10 Å². The Morgan fingerprint density at radius 2 is 1.82 bits per heavy atom. The fourth-order valence-electron chi connectivity index (χ4n) is 2.73. The lowest BCUT2D eigenvalue weighted by Gasteiger charge is -2.10. The number of hydrogen-bond acceptors (Lipinski definition) is 5. The Hall–Kier alpha value is -3.85. The Morgan fingerprint density at radius 3 is 2.48 bits per heavy atom. The van der Waals surface area contributed by atoms with Crippen LogP contribution in [0, 0.1) is 0 Å². The number of benzene rings is 2. The minimum atomic E-state index is -4.37. The van der Waals surface area contributed by atoms with E-state index in [4.69, 9.17) is 0 Å². The van der Waals surface area contributed by atoms with E-state index in [-0.39, 0.29) is 0 Å². The SMILES string of the molecule is C=C/C=C(\C=C)C(=O)N/N=C/c1ccc2cccc(NSc3ccc(C(F)(F)F)cc3)c2n1. The van der Waals surface area contributed by atoms with Gasteiger partial charge in [0.2, 0.25) is 0 Å². The molecule has 2 aromatic carbocycles. The average Bonchev–Trinajstić information content (AvgIpc) is 2.80. The summed E-state index contributed by atoms with van der Waals surface area (Å²) in [6.07, 6.45) is 1.42. The van der Waals surface area contributed by atoms with Gasteiger partial charge in [-0.3, -0.25) is 4.79 Å². The number of aromatic nitrogens is 1. The van der Waals surface area contributed by atoms with Gasteiger partial charge in [-0.05, 0) is 48.3 Å². The van der Waals surface area contributed by atoms with Crippen molar-refractivity contribution in [3.63, 3.8) is 0 Å². The highest BCUT2D eigenvalue weighted by molar-refractivity contribution is 8.00. The zero-order chi connectivity index (χ0) is 23.8. The molecule has 0 aliphatic rings. The quantitative estimate of drug-likeness (QED) is 0.137. The highest BCUT2D eigenvalue weighted by atomic mass is 32.2. The van der Waals surface area contributed by atoms with Crippen molar-refractivity contribution < 1.29 is 18.0 Å². The Morgan fingerprint density at radius 1 is 1.06 bits per heavy atom. The molecule has 3 rings (SSSR count). The molecule has 0 radical (unpaired) electrons. The lowest BCUT2D eigenvalue weighted by molar-refractivity contribution is -0.137. The highest BCUT2D eigenvalue weighted by Crippen LogP contribution is 2.32. The van der Waals surface area contributed by atoms with Gasteiger partial charge < -0.3 is 4.72 Å². The predicted molar refractivity (Wildman–Crippen MR) is 127 cm³/mol. The number of allylic oxidation sites excluding steroid dienone is 2. The molecule has 0 aliphatic heterocycles. The molecule has 5 nitrogen and oxygen atoms in total. The second kappa shape index (κ2) is 10.6. The monoisotopic (exact) mass is 468 g/mol. The number of nitrogens with one attached hydrogen (secondary N) is 2. The summed E-state index contributed by atoms with van der Waals surface area (Å²) in [5.74, 6) is -0.433. The number of carbonyl (C=O) groups excluding carboxylic acids is 1. The molecule has 0 unspecified atom stereocenters. The summed E-state index contributed by atoms with van der Waals surface area (Å²) in [5.41, 5.74) is 3.84. The van der Waals surface area contributed by atoms with Gasteiger partial charge in [-0.2, -0.15) is 18.3 Å². The summed E-state index contributed by atoms with van der Waals surface area (Å²) in [6, 6.07) is 14.0. The number of hydrazone groups is 1. The summed E-state index contributed by atoms with van der Waals surface area (Å²) in [4.78, 5) is 17.2. The lowest BCUT2D eigenvalue weighted by atomic mass is 10.2. The van der Waals surface area contributed by atoms with E-state index in [2.05, 4.69) is 33.4 Å².